The number of halogens is 1. The van der Waals surface area contributed by atoms with Crippen molar-refractivity contribution in [2.75, 3.05) is 4.31 Å². The van der Waals surface area contributed by atoms with E-state index < -0.39 is 45.1 Å². The minimum atomic E-state index is -3.64. The molecule has 2 amide bonds. The molecule has 0 aliphatic carbocycles. The number of carbonyl (C=O) groups is 2. The molecule has 0 heterocycles. The highest BCUT2D eigenvalue weighted by molar-refractivity contribution is 7.75. The van der Waals surface area contributed by atoms with Gasteiger partial charge in [-0.1, -0.05) is 78.3 Å². The Balaban J connectivity index is 1.51. The van der Waals surface area contributed by atoms with Gasteiger partial charge in [-0.25, -0.2) is 17.5 Å². The summed E-state index contributed by atoms with van der Waals surface area (Å²) in [6.45, 7) is 5.42. The minimum absolute atomic E-state index is 0.201. The van der Waals surface area contributed by atoms with Crippen molar-refractivity contribution in [3.05, 3.63) is 123 Å². The molecule has 0 aliphatic rings. The van der Waals surface area contributed by atoms with Crippen LogP contribution < -0.4 is 14.4 Å². The Morgan fingerprint density at radius 3 is 2.11 bits per heavy atom. The molecule has 0 saturated carbocycles. The lowest BCUT2D eigenvalue weighted by Crippen LogP contribution is -2.47. The Hall–Kier alpha value is -4.94. The van der Waals surface area contributed by atoms with Gasteiger partial charge in [0.1, 0.15) is 17.4 Å². The molecule has 13 heteroatoms. The Morgan fingerprint density at radius 1 is 0.913 bits per heavy atom. The number of thiol groups is 1. The number of amides is 2. The van der Waals surface area contributed by atoms with Crippen molar-refractivity contribution in [3.8, 4) is 16.9 Å². The molecule has 0 radical (unpaired) electrons. The van der Waals surface area contributed by atoms with Crippen molar-refractivity contribution in [1.82, 2.24) is 5.32 Å². The maximum atomic E-state index is 13.6. The molecule has 4 aromatic carbocycles. The van der Waals surface area contributed by atoms with Gasteiger partial charge >= 0.3 is 6.09 Å². The normalized spacial score (nSPS) is 11.8. The second-order valence-electron chi connectivity index (χ2n) is 11.2. The zero-order valence-corrected chi connectivity index (χ0v) is 26.9. The zero-order chi connectivity index (χ0) is 33.4. The summed E-state index contributed by atoms with van der Waals surface area (Å²) < 4.78 is 36.2. The number of nitrogens with zero attached hydrogens (tertiary/aromatic N) is 2. The average Bonchev–Trinajstić information content (AvgIpc) is 3.00. The highest BCUT2D eigenvalue weighted by Gasteiger charge is 2.33. The molecule has 11 nitrogen and oxygen atoms in total. The molecule has 4 rings (SSSR count). The number of hydrogen-bond donors (Lipinski definition) is 2. The Morgan fingerprint density at radius 2 is 1.52 bits per heavy atom. The summed E-state index contributed by atoms with van der Waals surface area (Å²) in [5.74, 6) is -0.584. The number of ether oxygens (including phenoxy) is 2. The van der Waals surface area contributed by atoms with Gasteiger partial charge in [0.2, 0.25) is 10.9 Å². The van der Waals surface area contributed by atoms with E-state index in [-0.39, 0.29) is 17.1 Å². The SMILES string of the molecule is CC(C)(C)NC(=O)O[C@@H](Cc1ccc(OCc2ccc(-c3ccccc3)cc2)cc1)C(=O)N(c1ccc(Cl)c([N+](=O)[O-])c1)[SH](=O)=O. The molecule has 0 unspecified atom stereocenters. The molecular weight excluding hydrogens is 634 g/mol. The second-order valence-corrected chi connectivity index (χ2v) is 12.5. The van der Waals surface area contributed by atoms with Gasteiger partial charge in [-0.05, 0) is 67.3 Å². The molecule has 1 atom stereocenters. The van der Waals surface area contributed by atoms with E-state index in [1.807, 2.05) is 54.6 Å². The summed E-state index contributed by atoms with van der Waals surface area (Å²) in [6.07, 6.45) is -2.76. The van der Waals surface area contributed by atoms with Crippen molar-refractivity contribution in [3.63, 3.8) is 0 Å². The lowest BCUT2D eigenvalue weighted by Gasteiger charge is -2.25. The molecule has 1 N–H and O–H groups in total. The largest absolute Gasteiger partial charge is 0.489 e. The van der Waals surface area contributed by atoms with Crippen molar-refractivity contribution < 1.29 is 32.4 Å². The molecular formula is C33H32ClN3O8S. The first-order valence-electron chi connectivity index (χ1n) is 14.1. The molecule has 0 aromatic heterocycles. The lowest BCUT2D eigenvalue weighted by molar-refractivity contribution is -0.384. The quantitative estimate of drug-likeness (QED) is 0.105. The number of anilines is 1. The number of carbonyl (C=O) groups excluding carboxylic acids is 2. The summed E-state index contributed by atoms with van der Waals surface area (Å²) in [5, 5.41) is 13.7. The third-order valence-electron chi connectivity index (χ3n) is 6.56. The van der Waals surface area contributed by atoms with Gasteiger partial charge in [0.05, 0.1) is 10.6 Å². The van der Waals surface area contributed by atoms with Gasteiger partial charge in [0.15, 0.2) is 6.10 Å². The van der Waals surface area contributed by atoms with Gasteiger partial charge in [0.25, 0.3) is 11.6 Å². The summed E-state index contributed by atoms with van der Waals surface area (Å²) in [6, 6.07) is 27.8. The van der Waals surface area contributed by atoms with Gasteiger partial charge in [0, 0.05) is 18.0 Å². The van der Waals surface area contributed by atoms with E-state index in [1.165, 1.54) is 0 Å². The molecule has 0 aliphatic heterocycles. The topological polar surface area (TPSA) is 145 Å². The second kappa shape index (κ2) is 14.9. The van der Waals surface area contributed by atoms with E-state index in [2.05, 4.69) is 5.32 Å². The standard InChI is InChI=1S/C33H32ClN3O8S/c1-33(2,3)35-32(39)45-30(31(38)36(46(42)43)26-15-18-28(34)29(20-26)37(40)41)19-22-11-16-27(17-12-22)44-21-23-9-13-25(14-10-23)24-7-5-4-6-8-24/h4-18,20,30,46H,19,21H2,1-3H3,(H,35,39)/t30-/m0/s1. The molecule has 0 fully saturated rings. The maximum Gasteiger partial charge on any atom is 0.408 e. The number of alkyl carbamates (subject to hydrolysis) is 1. The molecule has 0 saturated heterocycles. The third kappa shape index (κ3) is 9.29. The van der Waals surface area contributed by atoms with Crippen molar-refractivity contribution in [2.45, 2.75) is 45.4 Å². The van der Waals surface area contributed by atoms with E-state index in [9.17, 15) is 28.1 Å². The predicted octanol–water partition coefficient (Wildman–Crippen LogP) is 6.49. The van der Waals surface area contributed by atoms with Crippen molar-refractivity contribution in [1.29, 1.82) is 0 Å². The van der Waals surface area contributed by atoms with Crippen LogP contribution in [0.15, 0.2) is 97.1 Å². The van der Waals surface area contributed by atoms with Crippen molar-refractivity contribution in [2.24, 2.45) is 0 Å². The number of rotatable bonds is 11. The fraction of sp³-hybridized carbons (Fsp3) is 0.212. The fourth-order valence-electron chi connectivity index (χ4n) is 4.38. The van der Waals surface area contributed by atoms with Gasteiger partial charge in [-0.2, -0.15) is 0 Å². The summed E-state index contributed by atoms with van der Waals surface area (Å²) in [5.41, 5.74) is 2.05. The average molecular weight is 666 g/mol. The fourth-order valence-corrected chi connectivity index (χ4v) is 5.17. The lowest BCUT2D eigenvalue weighted by atomic mass is 10.0. The highest BCUT2D eigenvalue weighted by Crippen LogP contribution is 2.30. The zero-order valence-electron chi connectivity index (χ0n) is 25.2. The van der Waals surface area contributed by atoms with E-state index in [0.717, 1.165) is 34.9 Å². The van der Waals surface area contributed by atoms with E-state index >= 15 is 0 Å². The van der Waals surface area contributed by atoms with E-state index in [0.29, 0.717) is 22.2 Å². The third-order valence-corrected chi connectivity index (χ3v) is 7.63. The molecule has 0 bridgehead atoms. The monoisotopic (exact) mass is 665 g/mol. The van der Waals surface area contributed by atoms with Crippen LogP contribution in [0.4, 0.5) is 16.2 Å². The van der Waals surface area contributed by atoms with Crippen LogP contribution in [-0.4, -0.2) is 37.0 Å². The summed E-state index contributed by atoms with van der Waals surface area (Å²) in [4.78, 5) is 36.9. The van der Waals surface area contributed by atoms with Gasteiger partial charge in [-0.15, -0.1) is 0 Å². The van der Waals surface area contributed by atoms with Crippen LogP contribution in [-0.2, 0) is 33.4 Å². The summed E-state index contributed by atoms with van der Waals surface area (Å²) >= 11 is 5.87. The van der Waals surface area contributed by atoms with Crippen LogP contribution in [0, 0.1) is 10.1 Å². The van der Waals surface area contributed by atoms with Crippen molar-refractivity contribution >= 4 is 45.9 Å². The predicted molar refractivity (Wildman–Crippen MR) is 175 cm³/mol. The molecule has 0 spiro atoms. The van der Waals surface area contributed by atoms with Crippen LogP contribution >= 0.6 is 11.6 Å². The Bertz CT molecular complexity index is 1770. The highest BCUT2D eigenvalue weighted by atomic mass is 35.5. The van der Waals surface area contributed by atoms with Crippen LogP contribution in [0.2, 0.25) is 5.02 Å². The first kappa shape index (κ1) is 33.9. The minimum Gasteiger partial charge on any atom is -0.489 e. The Labute approximate surface area is 272 Å². The number of nitro groups is 1. The summed E-state index contributed by atoms with van der Waals surface area (Å²) in [7, 11) is -3.64. The maximum absolute atomic E-state index is 13.6. The first-order chi connectivity index (χ1) is 21.8. The van der Waals surface area contributed by atoms with E-state index in [4.69, 9.17) is 21.1 Å². The molecule has 46 heavy (non-hydrogen) atoms. The van der Waals surface area contributed by atoms with Gasteiger partial charge in [-0.3, -0.25) is 14.9 Å². The smallest absolute Gasteiger partial charge is 0.408 e. The van der Waals surface area contributed by atoms with Gasteiger partial charge < -0.3 is 14.8 Å². The Kier molecular flexibility index (Phi) is 11.0. The number of benzene rings is 4. The van der Waals surface area contributed by atoms with Crippen LogP contribution in [0.5, 0.6) is 5.75 Å². The first-order valence-corrected chi connectivity index (χ1v) is 15.6. The van der Waals surface area contributed by atoms with Crippen LogP contribution in [0.3, 0.4) is 0 Å². The van der Waals surface area contributed by atoms with E-state index in [1.54, 1.807) is 45.0 Å². The van der Waals surface area contributed by atoms with Crippen LogP contribution in [0.25, 0.3) is 11.1 Å². The number of hydrogen-bond acceptors (Lipinski definition) is 8. The molecule has 240 valence electrons. The van der Waals surface area contributed by atoms with Crippen LogP contribution in [0.1, 0.15) is 31.9 Å². The molecule has 4 aromatic rings. The number of nitro benzene ring substituents is 1. The number of nitrogens with one attached hydrogen (secondary N) is 1.